The zero-order chi connectivity index (χ0) is 17.0. The summed E-state index contributed by atoms with van der Waals surface area (Å²) in [5.41, 5.74) is 0.765. The van der Waals surface area contributed by atoms with Crippen molar-refractivity contribution in [1.82, 2.24) is 19.9 Å². The SMILES string of the molecule is CCc1cc(C(=O)N[C@@H](Cn2ccnc2)C(C)(C)C)cc(=O)[nH]1. The first kappa shape index (κ1) is 17.0. The van der Waals surface area contributed by atoms with Crippen molar-refractivity contribution in [2.24, 2.45) is 5.41 Å². The molecule has 124 valence electrons. The lowest BCUT2D eigenvalue weighted by atomic mass is 9.86. The number of H-pyrrole nitrogens is 1. The van der Waals surface area contributed by atoms with Gasteiger partial charge in [-0.3, -0.25) is 9.59 Å². The summed E-state index contributed by atoms with van der Waals surface area (Å²) in [4.78, 5) is 31.0. The normalized spacial score (nSPS) is 12.9. The van der Waals surface area contributed by atoms with Gasteiger partial charge in [0.05, 0.1) is 12.4 Å². The smallest absolute Gasteiger partial charge is 0.251 e. The second-order valence-corrected chi connectivity index (χ2v) is 6.76. The summed E-state index contributed by atoms with van der Waals surface area (Å²) in [6.45, 7) is 8.78. The third-order valence-corrected chi connectivity index (χ3v) is 3.85. The Morgan fingerprint density at radius 2 is 2.13 bits per heavy atom. The number of hydrogen-bond acceptors (Lipinski definition) is 3. The second kappa shape index (κ2) is 6.81. The Balaban J connectivity index is 2.20. The van der Waals surface area contributed by atoms with Crippen LogP contribution >= 0.6 is 0 Å². The molecule has 0 saturated heterocycles. The summed E-state index contributed by atoms with van der Waals surface area (Å²) >= 11 is 0. The van der Waals surface area contributed by atoms with Gasteiger partial charge in [0.25, 0.3) is 5.91 Å². The van der Waals surface area contributed by atoms with E-state index in [0.717, 1.165) is 5.69 Å². The van der Waals surface area contributed by atoms with Gasteiger partial charge in [-0.1, -0.05) is 27.7 Å². The highest BCUT2D eigenvalue weighted by atomic mass is 16.2. The molecular formula is C17H24N4O2. The largest absolute Gasteiger partial charge is 0.347 e. The van der Waals surface area contributed by atoms with E-state index in [9.17, 15) is 9.59 Å². The second-order valence-electron chi connectivity index (χ2n) is 6.76. The third-order valence-electron chi connectivity index (χ3n) is 3.85. The molecule has 2 rings (SSSR count). The number of carbonyl (C=O) groups excluding carboxylic acids is 1. The molecule has 23 heavy (non-hydrogen) atoms. The van der Waals surface area contributed by atoms with Gasteiger partial charge in [0.15, 0.2) is 0 Å². The zero-order valence-corrected chi connectivity index (χ0v) is 14.1. The van der Waals surface area contributed by atoms with Crippen molar-refractivity contribution in [3.8, 4) is 0 Å². The summed E-state index contributed by atoms with van der Waals surface area (Å²) in [5, 5.41) is 3.05. The standard InChI is InChI=1S/C17H24N4O2/c1-5-13-8-12(9-15(22)19-13)16(23)20-14(17(2,3)4)10-21-7-6-18-11-21/h6-9,11,14H,5,10H2,1-4H3,(H,19,22)(H,20,23)/t14-/m0/s1. The van der Waals surface area contributed by atoms with Crippen molar-refractivity contribution in [3.63, 3.8) is 0 Å². The summed E-state index contributed by atoms with van der Waals surface area (Å²) in [7, 11) is 0. The summed E-state index contributed by atoms with van der Waals surface area (Å²) in [5.74, 6) is -0.231. The van der Waals surface area contributed by atoms with Gasteiger partial charge in [-0.05, 0) is 17.9 Å². The van der Waals surface area contributed by atoms with Crippen LogP contribution in [0.25, 0.3) is 0 Å². The van der Waals surface area contributed by atoms with Crippen LogP contribution in [0.2, 0.25) is 0 Å². The minimum Gasteiger partial charge on any atom is -0.347 e. The molecule has 0 radical (unpaired) electrons. The van der Waals surface area contributed by atoms with Gasteiger partial charge in [-0.2, -0.15) is 0 Å². The fourth-order valence-corrected chi connectivity index (χ4v) is 2.31. The van der Waals surface area contributed by atoms with E-state index in [1.165, 1.54) is 6.07 Å². The van der Waals surface area contributed by atoms with Crippen LogP contribution in [0.5, 0.6) is 0 Å². The molecule has 2 aromatic rings. The van der Waals surface area contributed by atoms with E-state index in [2.05, 4.69) is 36.1 Å². The first-order valence-electron chi connectivity index (χ1n) is 7.79. The van der Waals surface area contributed by atoms with Crippen LogP contribution in [0.4, 0.5) is 0 Å². The number of aromatic amines is 1. The van der Waals surface area contributed by atoms with Gasteiger partial charge in [-0.25, -0.2) is 4.98 Å². The van der Waals surface area contributed by atoms with Crippen molar-refractivity contribution >= 4 is 5.91 Å². The van der Waals surface area contributed by atoms with Crippen molar-refractivity contribution in [2.45, 2.75) is 46.7 Å². The van der Waals surface area contributed by atoms with Crippen molar-refractivity contribution < 1.29 is 4.79 Å². The molecule has 2 heterocycles. The number of nitrogens with zero attached hydrogens (tertiary/aromatic N) is 2. The maximum Gasteiger partial charge on any atom is 0.251 e. The number of nitrogens with one attached hydrogen (secondary N) is 2. The fourth-order valence-electron chi connectivity index (χ4n) is 2.31. The van der Waals surface area contributed by atoms with Crippen LogP contribution in [0.15, 0.2) is 35.6 Å². The summed E-state index contributed by atoms with van der Waals surface area (Å²) in [6.07, 6.45) is 5.99. The molecule has 2 aromatic heterocycles. The van der Waals surface area contributed by atoms with E-state index < -0.39 is 0 Å². The molecule has 0 aliphatic heterocycles. The van der Waals surface area contributed by atoms with E-state index in [1.54, 1.807) is 18.6 Å². The lowest BCUT2D eigenvalue weighted by Gasteiger charge is -2.31. The Labute approximate surface area is 136 Å². The Morgan fingerprint density at radius 3 is 2.70 bits per heavy atom. The van der Waals surface area contributed by atoms with Crippen LogP contribution in [-0.2, 0) is 13.0 Å². The number of imidazole rings is 1. The third kappa shape index (κ3) is 4.55. The van der Waals surface area contributed by atoms with Crippen LogP contribution in [0.3, 0.4) is 0 Å². The highest BCUT2D eigenvalue weighted by molar-refractivity contribution is 5.94. The van der Waals surface area contributed by atoms with Crippen LogP contribution in [-0.4, -0.2) is 26.5 Å². The molecule has 0 aliphatic carbocycles. The predicted octanol–water partition coefficient (Wildman–Crippen LogP) is 1.98. The van der Waals surface area contributed by atoms with Gasteiger partial charge >= 0.3 is 0 Å². The molecule has 2 N–H and O–H groups in total. The van der Waals surface area contributed by atoms with E-state index in [4.69, 9.17) is 0 Å². The number of aromatic nitrogens is 3. The first-order valence-corrected chi connectivity index (χ1v) is 7.79. The van der Waals surface area contributed by atoms with E-state index in [1.807, 2.05) is 17.7 Å². The molecule has 6 nitrogen and oxygen atoms in total. The number of amides is 1. The summed E-state index contributed by atoms with van der Waals surface area (Å²) < 4.78 is 1.94. The van der Waals surface area contributed by atoms with Crippen LogP contribution in [0, 0.1) is 5.41 Å². The number of carbonyl (C=O) groups is 1. The van der Waals surface area contributed by atoms with E-state index in [0.29, 0.717) is 18.5 Å². The van der Waals surface area contributed by atoms with Crippen LogP contribution in [0.1, 0.15) is 43.7 Å². The average molecular weight is 316 g/mol. The molecule has 0 spiro atoms. The molecule has 0 saturated carbocycles. The lowest BCUT2D eigenvalue weighted by Crippen LogP contribution is -2.46. The monoisotopic (exact) mass is 316 g/mol. The molecule has 1 amide bonds. The van der Waals surface area contributed by atoms with Gasteiger partial charge in [0.2, 0.25) is 5.56 Å². The molecule has 6 heteroatoms. The quantitative estimate of drug-likeness (QED) is 0.885. The van der Waals surface area contributed by atoms with E-state index >= 15 is 0 Å². The first-order chi connectivity index (χ1) is 10.8. The molecule has 0 aliphatic rings. The maximum atomic E-state index is 12.6. The van der Waals surface area contributed by atoms with E-state index in [-0.39, 0.29) is 22.9 Å². The van der Waals surface area contributed by atoms with Crippen molar-refractivity contribution in [2.75, 3.05) is 0 Å². The molecular weight excluding hydrogens is 292 g/mol. The highest BCUT2D eigenvalue weighted by Gasteiger charge is 2.27. The maximum absolute atomic E-state index is 12.6. The number of pyridine rings is 1. The fraction of sp³-hybridized carbons (Fsp3) is 0.471. The zero-order valence-electron chi connectivity index (χ0n) is 14.1. The number of aryl methyl sites for hydroxylation is 1. The van der Waals surface area contributed by atoms with Crippen molar-refractivity contribution in [1.29, 1.82) is 0 Å². The molecule has 1 atom stereocenters. The van der Waals surface area contributed by atoms with Gasteiger partial charge < -0.3 is 14.9 Å². The van der Waals surface area contributed by atoms with Gasteiger partial charge in [0.1, 0.15) is 0 Å². The minimum atomic E-state index is -0.253. The molecule has 0 bridgehead atoms. The van der Waals surface area contributed by atoms with Gasteiger partial charge in [0, 0.05) is 36.3 Å². The highest BCUT2D eigenvalue weighted by Crippen LogP contribution is 2.21. The topological polar surface area (TPSA) is 79.8 Å². The summed E-state index contributed by atoms with van der Waals surface area (Å²) in [6, 6.07) is 2.98. The Hall–Kier alpha value is -2.37. The molecule has 0 fully saturated rings. The Kier molecular flexibility index (Phi) is 5.03. The Morgan fingerprint density at radius 1 is 1.39 bits per heavy atom. The number of hydrogen-bond donors (Lipinski definition) is 2. The average Bonchev–Trinajstić information content (AvgIpc) is 2.97. The van der Waals surface area contributed by atoms with Crippen molar-refractivity contribution in [3.05, 3.63) is 52.5 Å². The van der Waals surface area contributed by atoms with Crippen LogP contribution < -0.4 is 10.9 Å². The number of rotatable bonds is 5. The minimum absolute atomic E-state index is 0.0893. The predicted molar refractivity (Wildman–Crippen MR) is 89.4 cm³/mol. The molecule has 0 unspecified atom stereocenters. The van der Waals surface area contributed by atoms with Gasteiger partial charge in [-0.15, -0.1) is 0 Å². The molecule has 0 aromatic carbocycles. The Bertz CT molecular complexity index is 711. The lowest BCUT2D eigenvalue weighted by molar-refractivity contribution is 0.0892.